The van der Waals surface area contributed by atoms with E-state index in [1.54, 1.807) is 24.3 Å². The van der Waals surface area contributed by atoms with Gasteiger partial charge >= 0.3 is 255 Å². The van der Waals surface area contributed by atoms with Gasteiger partial charge in [-0.25, -0.2) is 0 Å². The summed E-state index contributed by atoms with van der Waals surface area (Å²) in [6.07, 6.45) is 11.6. The minimum absolute atomic E-state index is 0.0756. The summed E-state index contributed by atoms with van der Waals surface area (Å²) < 4.78 is 66.7. The number of anilines is 2. The van der Waals surface area contributed by atoms with Crippen molar-refractivity contribution >= 4 is 42.3 Å². The summed E-state index contributed by atoms with van der Waals surface area (Å²) in [6.45, 7) is 8.36. The van der Waals surface area contributed by atoms with E-state index in [4.69, 9.17) is 23.2 Å². The molecule has 0 spiro atoms. The molecule has 0 aliphatic heterocycles. The van der Waals surface area contributed by atoms with Crippen molar-refractivity contribution < 1.29 is 34.2 Å². The van der Waals surface area contributed by atoms with Crippen molar-refractivity contribution in [2.45, 2.75) is 40.5 Å². The molecule has 0 saturated carbocycles. The van der Waals surface area contributed by atoms with Gasteiger partial charge in [-0.15, -0.1) is 0 Å². The van der Waals surface area contributed by atoms with Crippen LogP contribution in [-0.2, 0) is 16.6 Å². The fourth-order valence-electron chi connectivity index (χ4n) is 5.25. The first kappa shape index (κ1) is 31.9. The molecule has 2 aromatic carbocycles. The van der Waals surface area contributed by atoms with Gasteiger partial charge in [-0.3, -0.25) is 0 Å². The van der Waals surface area contributed by atoms with Gasteiger partial charge in [-0.2, -0.15) is 0 Å². The van der Waals surface area contributed by atoms with E-state index >= 15 is 17.6 Å². The third-order valence-corrected chi connectivity index (χ3v) is 17.1. The molecular weight excluding hydrogens is 607 g/mol. The number of hydrogen-bond acceptors (Lipinski definition) is 2. The van der Waals surface area contributed by atoms with Gasteiger partial charge in [0.1, 0.15) is 0 Å². The van der Waals surface area contributed by atoms with Crippen molar-refractivity contribution in [3.63, 3.8) is 0 Å². The van der Waals surface area contributed by atoms with Crippen LogP contribution in [0.2, 0.25) is 0 Å². The van der Waals surface area contributed by atoms with Crippen LogP contribution in [0.25, 0.3) is 0 Å². The second-order valence-corrected chi connectivity index (χ2v) is 18.7. The van der Waals surface area contributed by atoms with E-state index in [-0.39, 0.29) is 29.9 Å². The molecule has 220 valence electrons. The summed E-state index contributed by atoms with van der Waals surface area (Å²) in [6, 6.07) is 5.07. The van der Waals surface area contributed by atoms with Crippen LogP contribution in [0, 0.1) is 34.1 Å². The number of benzene rings is 2. The SMILES string of the molecule is CC(C)(CCl)CNc1ccc(F)[c]([Ti]([C]2=CC=CC2)([C]2=CC=CC2)[c]2c(F)ccc(NCC(C)(C)CCl)c2F)c1F. The summed E-state index contributed by atoms with van der Waals surface area (Å²) in [5.74, 6) is -2.62. The van der Waals surface area contributed by atoms with Crippen molar-refractivity contribution in [2.75, 3.05) is 35.5 Å². The third kappa shape index (κ3) is 6.36. The molecule has 0 amide bonds. The summed E-state index contributed by atoms with van der Waals surface area (Å²) in [5.41, 5.74) is -0.587. The topological polar surface area (TPSA) is 24.1 Å². The van der Waals surface area contributed by atoms with Crippen LogP contribution in [-0.4, -0.2) is 24.8 Å². The fraction of sp³-hybridized carbons (Fsp3) is 0.375. The zero-order chi connectivity index (χ0) is 30.0. The molecule has 0 fully saturated rings. The maximum atomic E-state index is 16.8. The zero-order valence-electron chi connectivity index (χ0n) is 23.8. The monoisotopic (exact) mass is 642 g/mol. The first-order valence-electron chi connectivity index (χ1n) is 13.7. The van der Waals surface area contributed by atoms with E-state index < -0.39 is 39.9 Å². The van der Waals surface area contributed by atoms with Gasteiger partial charge in [0.05, 0.1) is 0 Å². The normalized spacial score (nSPS) is 15.4. The molecule has 0 saturated heterocycles. The second-order valence-electron chi connectivity index (χ2n) is 12.3. The van der Waals surface area contributed by atoms with Crippen molar-refractivity contribution in [1.29, 1.82) is 0 Å². The Balaban J connectivity index is 2.02. The van der Waals surface area contributed by atoms with E-state index in [2.05, 4.69) is 10.6 Å². The van der Waals surface area contributed by atoms with Gasteiger partial charge in [-0.05, 0) is 0 Å². The maximum absolute atomic E-state index is 16.8. The van der Waals surface area contributed by atoms with E-state index in [0.29, 0.717) is 45.4 Å². The molecule has 9 heteroatoms. The standard InChI is InChI=1S/2C11H13ClF2N.2C5H5.Ti/c2*1-11(2,6-12)7-15-10-4-3-8(13)5-9(10)14;2*1-2-4-5-3-1;/h2*3-4,15H,6-7H2,1-2H3;2*1-3H,4H2;. The van der Waals surface area contributed by atoms with Crippen LogP contribution in [0.15, 0.2) is 68.5 Å². The van der Waals surface area contributed by atoms with Crippen LogP contribution in [0.4, 0.5) is 28.9 Å². The summed E-state index contributed by atoms with van der Waals surface area (Å²) in [5, 5.41) is 6.16. The Bertz CT molecular complexity index is 1320. The number of halogens is 6. The molecule has 0 aromatic heterocycles. The molecule has 2 N–H and O–H groups in total. The average Bonchev–Trinajstić information content (AvgIpc) is 3.67. The fourth-order valence-corrected chi connectivity index (χ4v) is 13.7. The summed E-state index contributed by atoms with van der Waals surface area (Å²) >= 11 is 7.26. The Kier molecular flexibility index (Phi) is 9.90. The third-order valence-electron chi connectivity index (χ3n) is 7.68. The van der Waals surface area contributed by atoms with Crippen molar-refractivity contribution in [3.05, 3.63) is 91.7 Å². The number of rotatable bonds is 12. The van der Waals surface area contributed by atoms with E-state index in [1.807, 2.05) is 39.8 Å². The van der Waals surface area contributed by atoms with Crippen LogP contribution in [0.5, 0.6) is 0 Å². The minimum atomic E-state index is -4.90. The van der Waals surface area contributed by atoms with Gasteiger partial charge in [0.2, 0.25) is 0 Å². The van der Waals surface area contributed by atoms with Gasteiger partial charge in [0, 0.05) is 0 Å². The molecule has 2 nitrogen and oxygen atoms in total. The number of hydrogen-bond donors (Lipinski definition) is 2. The van der Waals surface area contributed by atoms with Crippen LogP contribution < -0.4 is 18.4 Å². The van der Waals surface area contributed by atoms with Crippen molar-refractivity contribution in [3.8, 4) is 0 Å². The average molecular weight is 643 g/mol. The molecule has 0 unspecified atom stereocenters. The molecule has 0 bridgehead atoms. The number of nitrogens with one attached hydrogen (secondary N) is 2. The molecule has 41 heavy (non-hydrogen) atoms. The Morgan fingerprint density at radius 1 is 0.683 bits per heavy atom. The molecular formula is C32H36Cl2F4N2Ti. The summed E-state index contributed by atoms with van der Waals surface area (Å²) in [4.78, 5) is 0. The zero-order valence-corrected chi connectivity index (χ0v) is 26.9. The molecule has 0 atom stereocenters. The molecule has 2 aliphatic carbocycles. The number of alkyl halides is 2. The van der Waals surface area contributed by atoms with E-state index in [9.17, 15) is 0 Å². The van der Waals surface area contributed by atoms with Crippen molar-refractivity contribution in [1.82, 2.24) is 0 Å². The van der Waals surface area contributed by atoms with Crippen LogP contribution in [0.1, 0.15) is 40.5 Å². The van der Waals surface area contributed by atoms with E-state index in [1.165, 1.54) is 24.3 Å². The van der Waals surface area contributed by atoms with E-state index in [0.717, 1.165) is 0 Å². The second kappa shape index (κ2) is 12.7. The Morgan fingerprint density at radius 3 is 1.39 bits per heavy atom. The predicted octanol–water partition coefficient (Wildman–Crippen LogP) is 8.39. The first-order chi connectivity index (χ1) is 19.4. The van der Waals surface area contributed by atoms with Gasteiger partial charge in [-0.1, -0.05) is 0 Å². The Hall–Kier alpha value is -1.99. The Morgan fingerprint density at radius 2 is 1.07 bits per heavy atom. The molecule has 2 aromatic rings. The predicted molar refractivity (Wildman–Crippen MR) is 162 cm³/mol. The van der Waals surface area contributed by atoms with Crippen LogP contribution >= 0.6 is 23.2 Å². The van der Waals surface area contributed by atoms with Crippen molar-refractivity contribution in [2.24, 2.45) is 10.8 Å². The quantitative estimate of drug-likeness (QED) is 0.138. The first-order valence-corrected chi connectivity index (χ1v) is 17.9. The molecule has 0 radical (unpaired) electrons. The van der Waals surface area contributed by atoms with Gasteiger partial charge in [0.25, 0.3) is 0 Å². The molecule has 2 aliphatic rings. The summed E-state index contributed by atoms with van der Waals surface area (Å²) in [7, 11) is 0. The molecule has 4 rings (SSSR count). The van der Waals surface area contributed by atoms with Gasteiger partial charge in [0.15, 0.2) is 0 Å². The molecule has 0 heterocycles. The number of allylic oxidation sites excluding steroid dienone is 8. The Labute approximate surface area is 253 Å². The van der Waals surface area contributed by atoms with Gasteiger partial charge < -0.3 is 0 Å². The van der Waals surface area contributed by atoms with Crippen LogP contribution in [0.3, 0.4) is 0 Å².